The van der Waals surface area contributed by atoms with Crippen LogP contribution in [0.4, 0.5) is 0 Å². The van der Waals surface area contributed by atoms with Gasteiger partial charge in [-0.05, 0) is 40.0 Å². The minimum atomic E-state index is 0.315. The molecule has 3 heteroatoms. The van der Waals surface area contributed by atoms with Gasteiger partial charge in [-0.2, -0.15) is 0 Å². The molecule has 94 valence electrons. The van der Waals surface area contributed by atoms with Crippen LogP contribution in [0.3, 0.4) is 0 Å². The fourth-order valence-corrected chi connectivity index (χ4v) is 2.30. The Morgan fingerprint density at radius 3 is 2.71 bits per heavy atom. The average Bonchev–Trinajstić information content (AvgIpc) is 2.29. The molecule has 0 radical (unpaired) electrons. The molecule has 0 saturated heterocycles. The van der Waals surface area contributed by atoms with Gasteiger partial charge in [0.05, 0.1) is 11.6 Å². The third-order valence-corrected chi connectivity index (χ3v) is 3.30. The maximum Gasteiger partial charge on any atom is 0.137 e. The van der Waals surface area contributed by atoms with Gasteiger partial charge in [0.25, 0.3) is 0 Å². The van der Waals surface area contributed by atoms with E-state index in [1.54, 1.807) is 7.11 Å². The molecule has 1 aromatic carbocycles. The lowest BCUT2D eigenvalue weighted by Gasteiger charge is -2.06. The van der Waals surface area contributed by atoms with Crippen molar-refractivity contribution in [1.29, 1.82) is 0 Å². The van der Waals surface area contributed by atoms with Crippen molar-refractivity contribution in [3.8, 4) is 5.75 Å². The molecular formula is C14H19BrO2. The van der Waals surface area contributed by atoms with E-state index in [2.05, 4.69) is 22.9 Å². The van der Waals surface area contributed by atoms with E-state index in [9.17, 15) is 4.79 Å². The van der Waals surface area contributed by atoms with Gasteiger partial charge >= 0.3 is 0 Å². The molecule has 0 fully saturated rings. The molecule has 0 bridgehead atoms. The van der Waals surface area contributed by atoms with Gasteiger partial charge in [-0.15, -0.1) is 0 Å². The van der Waals surface area contributed by atoms with Gasteiger partial charge in [0.15, 0.2) is 0 Å². The Morgan fingerprint density at radius 1 is 1.35 bits per heavy atom. The molecule has 0 aromatic heterocycles. The number of carbonyl (C=O) groups excluding carboxylic acids is 1. The average molecular weight is 299 g/mol. The number of ketones is 1. The highest BCUT2D eigenvalue weighted by atomic mass is 79.9. The summed E-state index contributed by atoms with van der Waals surface area (Å²) in [6.45, 7) is 2.14. The van der Waals surface area contributed by atoms with Crippen LogP contribution in [0, 0.1) is 0 Å². The maximum atomic E-state index is 11.7. The van der Waals surface area contributed by atoms with Crippen LogP contribution < -0.4 is 4.74 Å². The molecule has 0 atom stereocenters. The molecule has 1 aromatic rings. The highest BCUT2D eigenvalue weighted by molar-refractivity contribution is 9.10. The second-order valence-electron chi connectivity index (χ2n) is 4.14. The molecule has 0 saturated carbocycles. The number of halogens is 1. The number of Topliss-reactive ketones (excluding diaryl/α,β-unsaturated/α-hetero) is 1. The van der Waals surface area contributed by atoms with E-state index in [0.29, 0.717) is 18.6 Å². The zero-order valence-electron chi connectivity index (χ0n) is 10.5. The van der Waals surface area contributed by atoms with E-state index in [1.165, 1.54) is 0 Å². The second-order valence-corrected chi connectivity index (χ2v) is 5.00. The molecule has 0 N–H and O–H groups in total. The normalized spacial score (nSPS) is 10.3. The third-order valence-electron chi connectivity index (χ3n) is 2.68. The van der Waals surface area contributed by atoms with Crippen molar-refractivity contribution in [3.05, 3.63) is 28.2 Å². The Morgan fingerprint density at radius 2 is 2.12 bits per heavy atom. The van der Waals surface area contributed by atoms with E-state index in [0.717, 1.165) is 35.0 Å². The fourth-order valence-electron chi connectivity index (χ4n) is 1.71. The van der Waals surface area contributed by atoms with Gasteiger partial charge in [0.1, 0.15) is 11.5 Å². The van der Waals surface area contributed by atoms with E-state index < -0.39 is 0 Å². The first-order valence-corrected chi connectivity index (χ1v) is 6.80. The number of methoxy groups -OCH3 is 1. The second kappa shape index (κ2) is 7.49. The topological polar surface area (TPSA) is 26.3 Å². The number of hydrogen-bond donors (Lipinski definition) is 0. The summed E-state index contributed by atoms with van der Waals surface area (Å²) in [6.07, 6.45) is 4.51. The molecule has 1 rings (SSSR count). The number of ether oxygens (including phenoxy) is 1. The molecule has 0 unspecified atom stereocenters. The summed E-state index contributed by atoms with van der Waals surface area (Å²) in [5.41, 5.74) is 1.04. The van der Waals surface area contributed by atoms with Crippen molar-refractivity contribution in [1.82, 2.24) is 0 Å². The Kier molecular flexibility index (Phi) is 6.27. The molecule has 2 nitrogen and oxygen atoms in total. The van der Waals surface area contributed by atoms with E-state index in [4.69, 9.17) is 4.74 Å². The number of rotatable bonds is 7. The SMILES string of the molecule is CCCCCC(=O)Cc1ccc(OC)c(Br)c1. The van der Waals surface area contributed by atoms with Crippen molar-refractivity contribution in [2.75, 3.05) is 7.11 Å². The van der Waals surface area contributed by atoms with Crippen LogP contribution in [0.15, 0.2) is 22.7 Å². The zero-order chi connectivity index (χ0) is 12.7. The van der Waals surface area contributed by atoms with Crippen LogP contribution in [0.5, 0.6) is 5.75 Å². The summed E-state index contributed by atoms with van der Waals surface area (Å²) in [5.74, 6) is 1.11. The van der Waals surface area contributed by atoms with Gasteiger partial charge in [0, 0.05) is 12.8 Å². The van der Waals surface area contributed by atoms with Crippen LogP contribution in [0.25, 0.3) is 0 Å². The van der Waals surface area contributed by atoms with E-state index in [1.807, 2.05) is 18.2 Å². The molecular weight excluding hydrogens is 280 g/mol. The summed E-state index contributed by atoms with van der Waals surface area (Å²) in [6, 6.07) is 5.79. The first-order valence-electron chi connectivity index (χ1n) is 6.01. The molecule has 0 spiro atoms. The number of benzene rings is 1. The summed E-state index contributed by atoms with van der Waals surface area (Å²) < 4.78 is 6.05. The Hall–Kier alpha value is -0.830. The lowest BCUT2D eigenvalue weighted by Crippen LogP contribution is -2.02. The largest absolute Gasteiger partial charge is 0.496 e. The van der Waals surface area contributed by atoms with E-state index in [-0.39, 0.29) is 0 Å². The van der Waals surface area contributed by atoms with Crippen LogP contribution in [0.1, 0.15) is 38.2 Å². The number of hydrogen-bond acceptors (Lipinski definition) is 2. The summed E-state index contributed by atoms with van der Waals surface area (Å²) in [4.78, 5) is 11.7. The highest BCUT2D eigenvalue weighted by Gasteiger charge is 2.06. The summed E-state index contributed by atoms with van der Waals surface area (Å²) >= 11 is 3.42. The van der Waals surface area contributed by atoms with E-state index >= 15 is 0 Å². The lowest BCUT2D eigenvalue weighted by atomic mass is 10.0. The molecule has 0 aliphatic carbocycles. The smallest absolute Gasteiger partial charge is 0.137 e. The first kappa shape index (κ1) is 14.2. The Bertz CT molecular complexity index is 374. The third kappa shape index (κ3) is 4.90. The van der Waals surface area contributed by atoms with Crippen LogP contribution in [0.2, 0.25) is 0 Å². The predicted molar refractivity (Wildman–Crippen MR) is 73.5 cm³/mol. The van der Waals surface area contributed by atoms with Gasteiger partial charge in [-0.25, -0.2) is 0 Å². The highest BCUT2D eigenvalue weighted by Crippen LogP contribution is 2.25. The number of unbranched alkanes of at least 4 members (excludes halogenated alkanes) is 2. The van der Waals surface area contributed by atoms with Gasteiger partial charge in [-0.3, -0.25) is 4.79 Å². The molecule has 17 heavy (non-hydrogen) atoms. The Labute approximate surface area is 111 Å². The van der Waals surface area contributed by atoms with Crippen LogP contribution in [-0.4, -0.2) is 12.9 Å². The van der Waals surface area contributed by atoms with Crippen molar-refractivity contribution in [3.63, 3.8) is 0 Å². The van der Waals surface area contributed by atoms with Crippen molar-refractivity contribution in [2.45, 2.75) is 39.0 Å². The molecule has 0 aliphatic heterocycles. The zero-order valence-corrected chi connectivity index (χ0v) is 12.0. The number of carbonyl (C=O) groups is 1. The summed E-state index contributed by atoms with van der Waals surface area (Å²) in [5, 5.41) is 0. The van der Waals surface area contributed by atoms with Gasteiger partial charge in [-0.1, -0.05) is 25.8 Å². The fraction of sp³-hybridized carbons (Fsp3) is 0.500. The molecule has 0 aliphatic rings. The Balaban J connectivity index is 2.51. The predicted octanol–water partition coefficient (Wildman–Crippen LogP) is 4.15. The van der Waals surface area contributed by atoms with Crippen LogP contribution >= 0.6 is 15.9 Å². The van der Waals surface area contributed by atoms with Gasteiger partial charge < -0.3 is 4.74 Å². The minimum absolute atomic E-state index is 0.315. The maximum absolute atomic E-state index is 11.7. The van der Waals surface area contributed by atoms with Crippen molar-refractivity contribution >= 4 is 21.7 Å². The van der Waals surface area contributed by atoms with Gasteiger partial charge in [0.2, 0.25) is 0 Å². The summed E-state index contributed by atoms with van der Waals surface area (Å²) in [7, 11) is 1.63. The van der Waals surface area contributed by atoms with Crippen molar-refractivity contribution < 1.29 is 9.53 Å². The van der Waals surface area contributed by atoms with Crippen LogP contribution in [-0.2, 0) is 11.2 Å². The molecule has 0 amide bonds. The standard InChI is InChI=1S/C14H19BrO2/c1-3-4-5-6-12(16)9-11-7-8-14(17-2)13(15)10-11/h7-8,10H,3-6,9H2,1-2H3. The monoisotopic (exact) mass is 298 g/mol. The molecule has 0 heterocycles. The first-order chi connectivity index (χ1) is 8.17. The quantitative estimate of drug-likeness (QED) is 0.707. The lowest BCUT2D eigenvalue weighted by molar-refractivity contribution is -0.118. The minimum Gasteiger partial charge on any atom is -0.496 e. The van der Waals surface area contributed by atoms with Crippen molar-refractivity contribution in [2.24, 2.45) is 0 Å².